The van der Waals surface area contributed by atoms with Gasteiger partial charge in [-0.3, -0.25) is 0 Å². The zero-order valence-electron chi connectivity index (χ0n) is 11.2. The number of hydrogen-bond donors (Lipinski definition) is 1. The lowest BCUT2D eigenvalue weighted by atomic mass is 10.1. The molecule has 0 amide bonds. The highest BCUT2D eigenvalue weighted by Gasteiger charge is 2.06. The van der Waals surface area contributed by atoms with Crippen LogP contribution in [0.3, 0.4) is 0 Å². The molecular weight excluding hydrogens is 258 g/mol. The molecule has 0 heterocycles. The van der Waals surface area contributed by atoms with E-state index in [-0.39, 0.29) is 6.61 Å². The number of benzene rings is 2. The molecule has 2 nitrogen and oxygen atoms in total. The molecule has 0 saturated carbocycles. The van der Waals surface area contributed by atoms with E-state index in [0.717, 1.165) is 23.4 Å². The minimum atomic E-state index is -0.0337. The van der Waals surface area contributed by atoms with E-state index in [1.54, 1.807) is 0 Å². The highest BCUT2D eigenvalue weighted by Crippen LogP contribution is 2.28. The van der Waals surface area contributed by atoms with Crippen molar-refractivity contribution >= 4 is 23.0 Å². The fourth-order valence-corrected chi connectivity index (χ4v) is 2.21. The molecule has 2 rings (SSSR count). The summed E-state index contributed by atoms with van der Waals surface area (Å²) in [6, 6.07) is 14.2. The zero-order valence-corrected chi connectivity index (χ0v) is 12.0. The van der Waals surface area contributed by atoms with Gasteiger partial charge < -0.3 is 10.0 Å². The molecule has 19 heavy (non-hydrogen) atoms. The third-order valence-electron chi connectivity index (χ3n) is 3.33. The summed E-state index contributed by atoms with van der Waals surface area (Å²) in [6.07, 6.45) is 1.04. The van der Waals surface area contributed by atoms with E-state index < -0.39 is 0 Å². The molecule has 0 atom stereocenters. The van der Waals surface area contributed by atoms with E-state index in [1.807, 2.05) is 25.2 Å². The Bertz CT molecular complexity index is 551. The van der Waals surface area contributed by atoms with Gasteiger partial charge in [0.1, 0.15) is 0 Å². The number of aliphatic hydroxyl groups is 1. The first kappa shape index (κ1) is 13.9. The summed E-state index contributed by atoms with van der Waals surface area (Å²) in [6.45, 7) is 2.11. The number of hydrogen-bond acceptors (Lipinski definition) is 2. The minimum absolute atomic E-state index is 0.0337. The molecule has 0 aliphatic rings. The first-order chi connectivity index (χ1) is 9.15. The Hall–Kier alpha value is -1.51. The lowest BCUT2D eigenvalue weighted by Gasteiger charge is -2.20. The van der Waals surface area contributed by atoms with Crippen molar-refractivity contribution in [3.63, 3.8) is 0 Å². The van der Waals surface area contributed by atoms with Gasteiger partial charge in [-0.05, 0) is 41.8 Å². The molecule has 0 spiro atoms. The summed E-state index contributed by atoms with van der Waals surface area (Å²) in [5.74, 6) is 0. The normalized spacial score (nSPS) is 10.5. The third-order valence-corrected chi connectivity index (χ3v) is 3.68. The third kappa shape index (κ3) is 3.09. The van der Waals surface area contributed by atoms with Gasteiger partial charge in [0.25, 0.3) is 0 Å². The average Bonchev–Trinajstić information content (AvgIpc) is 2.46. The number of aryl methyl sites for hydroxylation is 1. The molecule has 0 aliphatic heterocycles. The van der Waals surface area contributed by atoms with Crippen molar-refractivity contribution in [2.45, 2.75) is 20.0 Å². The van der Waals surface area contributed by atoms with Gasteiger partial charge in [0, 0.05) is 23.4 Å². The summed E-state index contributed by atoms with van der Waals surface area (Å²) >= 11 is 6.12. The molecule has 0 saturated heterocycles. The average molecular weight is 276 g/mol. The zero-order chi connectivity index (χ0) is 13.8. The molecule has 0 radical (unpaired) electrons. The molecule has 1 N–H and O–H groups in total. The van der Waals surface area contributed by atoms with Crippen molar-refractivity contribution in [2.75, 3.05) is 11.9 Å². The molecule has 2 aromatic carbocycles. The molecule has 3 heteroatoms. The Balaban J connectivity index is 2.27. The number of rotatable bonds is 4. The molecule has 0 unspecified atom stereocenters. The van der Waals surface area contributed by atoms with Gasteiger partial charge in [-0.25, -0.2) is 0 Å². The maximum absolute atomic E-state index is 9.12. The topological polar surface area (TPSA) is 23.5 Å². The second kappa shape index (κ2) is 6.09. The largest absolute Gasteiger partial charge is 0.392 e. The highest BCUT2D eigenvalue weighted by molar-refractivity contribution is 6.31. The Morgan fingerprint density at radius 3 is 2.21 bits per heavy atom. The van der Waals surface area contributed by atoms with Crippen molar-refractivity contribution in [3.05, 3.63) is 58.6 Å². The van der Waals surface area contributed by atoms with Crippen LogP contribution in [-0.2, 0) is 13.0 Å². The molecule has 0 bridgehead atoms. The summed E-state index contributed by atoms with van der Waals surface area (Å²) in [5.41, 5.74) is 4.20. The van der Waals surface area contributed by atoms with Crippen molar-refractivity contribution in [1.29, 1.82) is 0 Å². The fraction of sp³-hybridized carbons (Fsp3) is 0.250. The number of halogens is 1. The van der Waals surface area contributed by atoms with Crippen LogP contribution in [0.5, 0.6) is 0 Å². The van der Waals surface area contributed by atoms with E-state index in [4.69, 9.17) is 16.7 Å². The second-order valence-electron chi connectivity index (χ2n) is 4.51. The lowest BCUT2D eigenvalue weighted by molar-refractivity contribution is 0.282. The number of nitrogens with zero attached hydrogens (tertiary/aromatic N) is 1. The van der Waals surface area contributed by atoms with E-state index in [0.29, 0.717) is 5.02 Å². The van der Waals surface area contributed by atoms with E-state index >= 15 is 0 Å². The lowest BCUT2D eigenvalue weighted by Crippen LogP contribution is -2.09. The molecular formula is C16H18ClNO. The Morgan fingerprint density at radius 2 is 1.68 bits per heavy atom. The van der Waals surface area contributed by atoms with E-state index in [9.17, 15) is 0 Å². The van der Waals surface area contributed by atoms with Gasteiger partial charge in [-0.1, -0.05) is 36.7 Å². The minimum Gasteiger partial charge on any atom is -0.392 e. The number of anilines is 2. The van der Waals surface area contributed by atoms with Crippen LogP contribution in [0.25, 0.3) is 0 Å². The van der Waals surface area contributed by atoms with Gasteiger partial charge in [0.05, 0.1) is 6.61 Å². The highest BCUT2D eigenvalue weighted by atomic mass is 35.5. The quantitative estimate of drug-likeness (QED) is 0.906. The smallest absolute Gasteiger partial charge is 0.0696 e. The van der Waals surface area contributed by atoms with Gasteiger partial charge in [-0.15, -0.1) is 0 Å². The van der Waals surface area contributed by atoms with Crippen LogP contribution in [0.4, 0.5) is 11.4 Å². The standard InChI is InChI=1S/C16H18ClNO/c1-3-12-4-7-14(8-5-12)18(2)15-9-6-13(11-19)16(17)10-15/h4-10,19H,3,11H2,1-2H3. The van der Waals surface area contributed by atoms with Gasteiger partial charge >= 0.3 is 0 Å². The Morgan fingerprint density at radius 1 is 1.05 bits per heavy atom. The van der Waals surface area contributed by atoms with Crippen molar-refractivity contribution in [2.24, 2.45) is 0 Å². The van der Waals surface area contributed by atoms with Gasteiger partial charge in [-0.2, -0.15) is 0 Å². The van der Waals surface area contributed by atoms with Crippen LogP contribution in [0, 0.1) is 0 Å². The van der Waals surface area contributed by atoms with Crippen molar-refractivity contribution in [3.8, 4) is 0 Å². The molecule has 0 fully saturated rings. The van der Waals surface area contributed by atoms with Gasteiger partial charge in [0.2, 0.25) is 0 Å². The first-order valence-electron chi connectivity index (χ1n) is 6.37. The maximum atomic E-state index is 9.12. The van der Waals surface area contributed by atoms with Crippen molar-refractivity contribution < 1.29 is 5.11 Å². The van der Waals surface area contributed by atoms with Crippen molar-refractivity contribution in [1.82, 2.24) is 0 Å². The molecule has 0 aliphatic carbocycles. The Kier molecular flexibility index (Phi) is 4.46. The monoisotopic (exact) mass is 275 g/mol. The summed E-state index contributed by atoms with van der Waals surface area (Å²) in [4.78, 5) is 2.08. The van der Waals surface area contributed by atoms with Crippen LogP contribution < -0.4 is 4.90 Å². The predicted molar refractivity (Wildman–Crippen MR) is 81.3 cm³/mol. The molecule has 0 aromatic heterocycles. The predicted octanol–water partition coefficient (Wildman–Crippen LogP) is 4.16. The van der Waals surface area contributed by atoms with Crippen LogP contribution >= 0.6 is 11.6 Å². The van der Waals surface area contributed by atoms with Gasteiger partial charge in [0.15, 0.2) is 0 Å². The molecule has 100 valence electrons. The van der Waals surface area contributed by atoms with E-state index in [2.05, 4.69) is 36.1 Å². The summed E-state index contributed by atoms with van der Waals surface area (Å²) < 4.78 is 0. The van der Waals surface area contributed by atoms with Crippen LogP contribution in [-0.4, -0.2) is 12.2 Å². The van der Waals surface area contributed by atoms with Crippen LogP contribution in [0.1, 0.15) is 18.1 Å². The summed E-state index contributed by atoms with van der Waals surface area (Å²) in [5, 5.41) is 9.72. The van der Waals surface area contributed by atoms with Crippen LogP contribution in [0.2, 0.25) is 5.02 Å². The maximum Gasteiger partial charge on any atom is 0.0696 e. The summed E-state index contributed by atoms with van der Waals surface area (Å²) in [7, 11) is 2.01. The first-order valence-corrected chi connectivity index (χ1v) is 6.75. The van der Waals surface area contributed by atoms with Crippen LogP contribution in [0.15, 0.2) is 42.5 Å². The fourth-order valence-electron chi connectivity index (χ4n) is 1.98. The molecule has 2 aromatic rings. The number of aliphatic hydroxyl groups excluding tert-OH is 1. The second-order valence-corrected chi connectivity index (χ2v) is 4.92. The van der Waals surface area contributed by atoms with E-state index in [1.165, 1.54) is 5.56 Å². The SMILES string of the molecule is CCc1ccc(N(C)c2ccc(CO)c(Cl)c2)cc1. The Labute approximate surface area is 119 Å².